The van der Waals surface area contributed by atoms with Gasteiger partial charge in [-0.25, -0.2) is 0 Å². The second-order valence-corrected chi connectivity index (χ2v) is 7.28. The highest BCUT2D eigenvalue weighted by Crippen LogP contribution is 2.19. The van der Waals surface area contributed by atoms with Crippen molar-refractivity contribution < 1.29 is 14.4 Å². The molecule has 2 aromatic carbocycles. The molecule has 0 aliphatic heterocycles. The molecule has 0 aliphatic carbocycles. The van der Waals surface area contributed by atoms with E-state index in [-0.39, 0.29) is 11.5 Å². The number of nitrogens with one attached hydrogen (secondary N) is 2. The number of pyridine rings is 1. The molecule has 0 radical (unpaired) electrons. The lowest BCUT2D eigenvalue weighted by atomic mass is 10.1. The molecular formula is C24H30N3O3+. The van der Waals surface area contributed by atoms with E-state index in [4.69, 9.17) is 4.74 Å². The van der Waals surface area contributed by atoms with E-state index >= 15 is 0 Å². The Morgan fingerprint density at radius 1 is 1.03 bits per heavy atom. The van der Waals surface area contributed by atoms with Crippen LogP contribution in [0.25, 0.3) is 16.5 Å². The molecule has 0 spiro atoms. The molecule has 6 nitrogen and oxygen atoms in total. The molecule has 0 aliphatic rings. The van der Waals surface area contributed by atoms with Crippen molar-refractivity contribution >= 4 is 16.7 Å². The van der Waals surface area contributed by atoms with Crippen molar-refractivity contribution in [2.45, 2.75) is 20.3 Å². The van der Waals surface area contributed by atoms with E-state index in [1.165, 1.54) is 9.47 Å². The van der Waals surface area contributed by atoms with Gasteiger partial charge >= 0.3 is 0 Å². The number of methoxy groups -OCH3 is 1. The Balaban J connectivity index is 1.90. The number of fused-ring (bicyclic) bond motifs is 1. The molecule has 0 saturated carbocycles. The number of carbonyl (C=O) groups excluding carboxylic acids is 1. The van der Waals surface area contributed by atoms with E-state index < -0.39 is 0 Å². The van der Waals surface area contributed by atoms with Gasteiger partial charge in [0.1, 0.15) is 5.75 Å². The monoisotopic (exact) mass is 408 g/mol. The number of benzene rings is 2. The SMILES string of the molecule is CC[NH+](CC)CCCNC(=O)c1cn(-c2ccc(OC)cc2)c(=O)c2ccccc12. The summed E-state index contributed by atoms with van der Waals surface area (Å²) in [5.41, 5.74) is 1.03. The van der Waals surface area contributed by atoms with Crippen LogP contribution in [-0.4, -0.2) is 43.8 Å². The number of hydrogen-bond donors (Lipinski definition) is 2. The fraction of sp³-hybridized carbons (Fsp3) is 0.333. The lowest BCUT2D eigenvalue weighted by Gasteiger charge is -2.16. The standard InChI is InChI=1S/C24H29N3O3/c1-4-26(5-2)16-8-15-25-23(28)22-17-27(18-11-13-19(30-3)14-12-18)24(29)21-10-7-6-9-20(21)22/h6-7,9-14,17H,4-5,8,15-16H2,1-3H3,(H,25,28)/p+1. The number of carbonyl (C=O) groups is 1. The van der Waals surface area contributed by atoms with Gasteiger partial charge in [-0.1, -0.05) is 18.2 Å². The number of nitrogens with zero attached hydrogens (tertiary/aromatic N) is 1. The third-order valence-corrected chi connectivity index (χ3v) is 5.51. The molecule has 2 N–H and O–H groups in total. The topological polar surface area (TPSA) is 64.8 Å². The van der Waals surface area contributed by atoms with Crippen LogP contribution in [0.3, 0.4) is 0 Å². The zero-order valence-electron chi connectivity index (χ0n) is 17.9. The predicted molar refractivity (Wildman–Crippen MR) is 120 cm³/mol. The molecule has 0 saturated heterocycles. The summed E-state index contributed by atoms with van der Waals surface area (Å²) >= 11 is 0. The van der Waals surface area contributed by atoms with Crippen molar-refractivity contribution in [2.24, 2.45) is 0 Å². The van der Waals surface area contributed by atoms with Crippen molar-refractivity contribution in [3.05, 3.63) is 70.6 Å². The fourth-order valence-electron chi connectivity index (χ4n) is 3.65. The van der Waals surface area contributed by atoms with Gasteiger partial charge in [0.05, 0.1) is 32.3 Å². The van der Waals surface area contributed by atoms with Crippen molar-refractivity contribution in [1.82, 2.24) is 9.88 Å². The molecule has 1 amide bonds. The quantitative estimate of drug-likeness (QED) is 0.533. The van der Waals surface area contributed by atoms with Crippen LogP contribution in [0.2, 0.25) is 0 Å². The summed E-state index contributed by atoms with van der Waals surface area (Å²) in [6, 6.07) is 14.5. The Morgan fingerprint density at radius 2 is 1.70 bits per heavy atom. The zero-order valence-corrected chi connectivity index (χ0v) is 17.9. The van der Waals surface area contributed by atoms with Crippen molar-refractivity contribution in [1.29, 1.82) is 0 Å². The maximum absolute atomic E-state index is 13.1. The lowest BCUT2D eigenvalue weighted by molar-refractivity contribution is -0.896. The Kier molecular flexibility index (Phi) is 7.25. The van der Waals surface area contributed by atoms with Crippen LogP contribution in [0.1, 0.15) is 30.6 Å². The summed E-state index contributed by atoms with van der Waals surface area (Å²) in [5, 5.41) is 4.21. The number of hydrogen-bond acceptors (Lipinski definition) is 3. The van der Waals surface area contributed by atoms with E-state index in [1.54, 1.807) is 31.5 Å². The van der Waals surface area contributed by atoms with E-state index in [1.807, 2.05) is 30.3 Å². The molecule has 30 heavy (non-hydrogen) atoms. The van der Waals surface area contributed by atoms with Crippen LogP contribution in [0.4, 0.5) is 0 Å². The van der Waals surface area contributed by atoms with Crippen molar-refractivity contribution in [3.63, 3.8) is 0 Å². The minimum absolute atomic E-state index is 0.155. The summed E-state index contributed by atoms with van der Waals surface area (Å²) in [6.45, 7) is 8.15. The summed E-state index contributed by atoms with van der Waals surface area (Å²) in [6.07, 6.45) is 2.55. The first-order chi connectivity index (χ1) is 14.6. The van der Waals surface area contributed by atoms with E-state index in [9.17, 15) is 9.59 Å². The second-order valence-electron chi connectivity index (χ2n) is 7.28. The van der Waals surface area contributed by atoms with Crippen LogP contribution in [0.5, 0.6) is 5.75 Å². The van der Waals surface area contributed by atoms with Gasteiger partial charge in [0.2, 0.25) is 0 Å². The average Bonchev–Trinajstić information content (AvgIpc) is 2.79. The number of aromatic nitrogens is 1. The molecule has 1 aromatic heterocycles. The minimum Gasteiger partial charge on any atom is -0.497 e. The van der Waals surface area contributed by atoms with Gasteiger partial charge in [0, 0.05) is 35.6 Å². The highest BCUT2D eigenvalue weighted by molar-refractivity contribution is 6.06. The Morgan fingerprint density at radius 3 is 2.33 bits per heavy atom. The molecule has 0 fully saturated rings. The van der Waals surface area contributed by atoms with Crippen LogP contribution >= 0.6 is 0 Å². The third-order valence-electron chi connectivity index (χ3n) is 5.51. The van der Waals surface area contributed by atoms with Crippen LogP contribution in [0, 0.1) is 0 Å². The largest absolute Gasteiger partial charge is 0.497 e. The fourth-order valence-corrected chi connectivity index (χ4v) is 3.65. The molecule has 158 valence electrons. The van der Waals surface area contributed by atoms with Gasteiger partial charge in [-0.05, 0) is 44.2 Å². The van der Waals surface area contributed by atoms with Crippen LogP contribution in [0.15, 0.2) is 59.5 Å². The molecule has 0 unspecified atom stereocenters. The lowest BCUT2D eigenvalue weighted by Crippen LogP contribution is -3.11. The summed E-state index contributed by atoms with van der Waals surface area (Å²) in [4.78, 5) is 27.6. The van der Waals surface area contributed by atoms with Crippen LogP contribution in [-0.2, 0) is 0 Å². The first-order valence-corrected chi connectivity index (χ1v) is 10.5. The maximum Gasteiger partial charge on any atom is 0.262 e. The van der Waals surface area contributed by atoms with Crippen molar-refractivity contribution in [3.8, 4) is 11.4 Å². The Hall–Kier alpha value is -3.12. The van der Waals surface area contributed by atoms with E-state index in [0.717, 1.165) is 26.1 Å². The van der Waals surface area contributed by atoms with E-state index in [2.05, 4.69) is 19.2 Å². The molecule has 6 heteroatoms. The molecule has 0 bridgehead atoms. The van der Waals surface area contributed by atoms with Crippen molar-refractivity contribution in [2.75, 3.05) is 33.3 Å². The van der Waals surface area contributed by atoms with Gasteiger partial charge in [0.25, 0.3) is 11.5 Å². The Labute approximate surface area is 177 Å². The molecule has 3 aromatic rings. The van der Waals surface area contributed by atoms with Crippen LogP contribution < -0.4 is 20.5 Å². The summed E-state index contributed by atoms with van der Waals surface area (Å²) < 4.78 is 6.73. The second kappa shape index (κ2) is 10.1. The smallest absolute Gasteiger partial charge is 0.262 e. The highest BCUT2D eigenvalue weighted by atomic mass is 16.5. The number of rotatable bonds is 9. The van der Waals surface area contributed by atoms with Gasteiger partial charge in [0.15, 0.2) is 0 Å². The van der Waals surface area contributed by atoms with Gasteiger partial charge in [-0.3, -0.25) is 14.2 Å². The maximum atomic E-state index is 13.1. The highest BCUT2D eigenvalue weighted by Gasteiger charge is 2.15. The third kappa shape index (κ3) is 4.71. The predicted octanol–water partition coefficient (Wildman–Crippen LogP) is 2.04. The molecule has 0 atom stereocenters. The minimum atomic E-state index is -0.164. The molecule has 1 heterocycles. The number of amides is 1. The summed E-state index contributed by atoms with van der Waals surface area (Å²) in [5.74, 6) is 0.545. The van der Waals surface area contributed by atoms with Gasteiger partial charge in [-0.2, -0.15) is 0 Å². The van der Waals surface area contributed by atoms with Gasteiger partial charge in [-0.15, -0.1) is 0 Å². The van der Waals surface area contributed by atoms with Gasteiger partial charge < -0.3 is 15.0 Å². The zero-order chi connectivity index (χ0) is 21.5. The normalized spacial score (nSPS) is 11.1. The molecule has 3 rings (SSSR count). The number of quaternary nitrogens is 1. The number of ether oxygens (including phenoxy) is 1. The first-order valence-electron chi connectivity index (χ1n) is 10.5. The Bertz CT molecular complexity index is 1050. The summed E-state index contributed by atoms with van der Waals surface area (Å²) in [7, 11) is 1.60. The molecular weight excluding hydrogens is 378 g/mol. The first kappa shape index (κ1) is 21.6. The van der Waals surface area contributed by atoms with E-state index in [0.29, 0.717) is 34.3 Å². The average molecular weight is 409 g/mol.